The van der Waals surface area contributed by atoms with Crippen LogP contribution < -0.4 is 5.48 Å². The molecular weight excluding hydrogens is 174 g/mol. The Morgan fingerprint density at radius 1 is 1.33 bits per heavy atom. The minimum absolute atomic E-state index is 0.457. The van der Waals surface area contributed by atoms with Crippen molar-refractivity contribution in [1.82, 2.24) is 5.48 Å². The summed E-state index contributed by atoms with van der Waals surface area (Å²) in [7, 11) is 0. The molecule has 0 spiro atoms. The Hall–Kier alpha value is -0.570. The number of nitrogens with one attached hydrogen (secondary N) is 1. The van der Waals surface area contributed by atoms with Crippen LogP contribution in [0.2, 0.25) is 5.02 Å². The first-order valence-corrected chi connectivity index (χ1v) is 4.15. The van der Waals surface area contributed by atoms with Crippen LogP contribution in [0.4, 0.5) is 0 Å². The van der Waals surface area contributed by atoms with Gasteiger partial charge in [-0.3, -0.25) is 0 Å². The van der Waals surface area contributed by atoms with Crippen molar-refractivity contribution in [3.63, 3.8) is 0 Å². The molecule has 3 heteroatoms. The number of rotatable bonds is 2. The molecule has 0 heterocycles. The summed E-state index contributed by atoms with van der Waals surface area (Å²) in [6.07, 6.45) is 0. The molecular formula is C9H12ClNO. The molecule has 0 aromatic heterocycles. The van der Waals surface area contributed by atoms with Crippen LogP contribution >= 0.6 is 11.6 Å². The molecule has 0 fully saturated rings. The normalized spacial score (nSPS) is 10.3. The molecule has 0 saturated carbocycles. The highest BCUT2D eigenvalue weighted by molar-refractivity contribution is 6.32. The van der Waals surface area contributed by atoms with E-state index in [0.717, 1.165) is 21.7 Å². The van der Waals surface area contributed by atoms with Gasteiger partial charge in [-0.25, -0.2) is 5.48 Å². The number of halogens is 1. The van der Waals surface area contributed by atoms with E-state index >= 15 is 0 Å². The Kier molecular flexibility index (Phi) is 3.09. The summed E-state index contributed by atoms with van der Waals surface area (Å²) in [5.41, 5.74) is 5.24. The topological polar surface area (TPSA) is 32.3 Å². The van der Waals surface area contributed by atoms with Crippen LogP contribution in [0.15, 0.2) is 12.1 Å². The van der Waals surface area contributed by atoms with Crippen molar-refractivity contribution in [3.8, 4) is 0 Å². The summed E-state index contributed by atoms with van der Waals surface area (Å²) >= 11 is 5.97. The van der Waals surface area contributed by atoms with Gasteiger partial charge in [-0.05, 0) is 30.5 Å². The van der Waals surface area contributed by atoms with Gasteiger partial charge in [0, 0.05) is 11.6 Å². The maximum Gasteiger partial charge on any atom is 0.0464 e. The van der Waals surface area contributed by atoms with Gasteiger partial charge in [-0.1, -0.05) is 23.7 Å². The average molecular weight is 186 g/mol. The smallest absolute Gasteiger partial charge is 0.0464 e. The third-order valence-corrected chi connectivity index (χ3v) is 2.38. The highest BCUT2D eigenvalue weighted by Crippen LogP contribution is 2.21. The SMILES string of the molecule is Cc1cc(CNO)cc(C)c1Cl. The maximum atomic E-state index is 8.49. The van der Waals surface area contributed by atoms with Crippen LogP contribution in [0.5, 0.6) is 0 Å². The van der Waals surface area contributed by atoms with Gasteiger partial charge in [-0.2, -0.15) is 0 Å². The molecule has 1 aromatic rings. The second-order valence-electron chi connectivity index (χ2n) is 2.88. The lowest BCUT2D eigenvalue weighted by atomic mass is 10.1. The van der Waals surface area contributed by atoms with Crippen molar-refractivity contribution in [1.29, 1.82) is 0 Å². The highest BCUT2D eigenvalue weighted by atomic mass is 35.5. The van der Waals surface area contributed by atoms with Crippen LogP contribution in [0, 0.1) is 13.8 Å². The van der Waals surface area contributed by atoms with E-state index in [1.165, 1.54) is 0 Å². The number of hydroxylamine groups is 1. The quantitative estimate of drug-likeness (QED) is 0.694. The Balaban J connectivity index is 3.04. The third kappa shape index (κ3) is 1.97. The predicted octanol–water partition coefficient (Wildman–Crippen LogP) is 2.44. The summed E-state index contributed by atoms with van der Waals surface area (Å²) in [6.45, 7) is 4.37. The summed E-state index contributed by atoms with van der Waals surface area (Å²) in [5.74, 6) is 0. The number of hydrogen-bond donors (Lipinski definition) is 2. The van der Waals surface area contributed by atoms with Gasteiger partial charge in [0.25, 0.3) is 0 Å². The lowest BCUT2D eigenvalue weighted by Crippen LogP contribution is -2.06. The van der Waals surface area contributed by atoms with Crippen molar-refractivity contribution in [3.05, 3.63) is 33.8 Å². The summed E-state index contributed by atoms with van der Waals surface area (Å²) < 4.78 is 0. The van der Waals surface area contributed by atoms with Gasteiger partial charge >= 0.3 is 0 Å². The van der Waals surface area contributed by atoms with E-state index < -0.39 is 0 Å². The zero-order chi connectivity index (χ0) is 9.14. The Morgan fingerprint density at radius 3 is 2.25 bits per heavy atom. The van der Waals surface area contributed by atoms with Crippen LogP contribution in [0.1, 0.15) is 16.7 Å². The summed E-state index contributed by atoms with van der Waals surface area (Å²) in [6, 6.07) is 3.91. The maximum absolute atomic E-state index is 8.49. The van der Waals surface area contributed by atoms with Crippen molar-refractivity contribution in [2.45, 2.75) is 20.4 Å². The summed E-state index contributed by atoms with van der Waals surface area (Å²) in [4.78, 5) is 0. The molecule has 12 heavy (non-hydrogen) atoms. The standard InChI is InChI=1S/C9H12ClNO/c1-6-3-8(5-11-12)4-7(2)9(6)10/h3-4,11-12H,5H2,1-2H3. The van der Waals surface area contributed by atoms with Gasteiger partial charge in [0.1, 0.15) is 0 Å². The second-order valence-corrected chi connectivity index (χ2v) is 3.26. The first-order valence-electron chi connectivity index (χ1n) is 3.77. The molecule has 0 bridgehead atoms. The first-order chi connectivity index (χ1) is 5.65. The minimum Gasteiger partial charge on any atom is -0.316 e. The van der Waals surface area contributed by atoms with Gasteiger partial charge in [-0.15, -0.1) is 0 Å². The van der Waals surface area contributed by atoms with E-state index in [4.69, 9.17) is 16.8 Å². The lowest BCUT2D eigenvalue weighted by Gasteiger charge is -2.06. The highest BCUT2D eigenvalue weighted by Gasteiger charge is 2.01. The molecule has 2 nitrogen and oxygen atoms in total. The number of hydrogen-bond acceptors (Lipinski definition) is 2. The third-order valence-electron chi connectivity index (χ3n) is 1.78. The fourth-order valence-corrected chi connectivity index (χ4v) is 1.34. The largest absolute Gasteiger partial charge is 0.316 e. The van der Waals surface area contributed by atoms with Crippen LogP contribution in [0.25, 0.3) is 0 Å². The van der Waals surface area contributed by atoms with Crippen molar-refractivity contribution in [2.24, 2.45) is 0 Å². The zero-order valence-electron chi connectivity index (χ0n) is 7.19. The molecule has 0 atom stereocenters. The number of benzene rings is 1. The van der Waals surface area contributed by atoms with Gasteiger partial charge < -0.3 is 5.21 Å². The molecule has 0 aliphatic heterocycles. The molecule has 1 rings (SSSR count). The fraction of sp³-hybridized carbons (Fsp3) is 0.333. The van der Waals surface area contributed by atoms with Crippen molar-refractivity contribution >= 4 is 11.6 Å². The molecule has 2 N–H and O–H groups in total. The van der Waals surface area contributed by atoms with E-state index in [1.54, 1.807) is 0 Å². The van der Waals surface area contributed by atoms with Crippen molar-refractivity contribution < 1.29 is 5.21 Å². The van der Waals surface area contributed by atoms with Crippen LogP contribution in [0.3, 0.4) is 0 Å². The van der Waals surface area contributed by atoms with E-state index in [9.17, 15) is 0 Å². The monoisotopic (exact) mass is 185 g/mol. The number of aryl methyl sites for hydroxylation is 2. The second kappa shape index (κ2) is 3.90. The average Bonchev–Trinajstić information content (AvgIpc) is 2.01. The fourth-order valence-electron chi connectivity index (χ4n) is 1.23. The lowest BCUT2D eigenvalue weighted by molar-refractivity contribution is 0.161. The van der Waals surface area contributed by atoms with Gasteiger partial charge in [0.15, 0.2) is 0 Å². The van der Waals surface area contributed by atoms with Gasteiger partial charge in [0.2, 0.25) is 0 Å². The molecule has 0 unspecified atom stereocenters. The molecule has 0 aliphatic carbocycles. The molecule has 0 saturated heterocycles. The van der Waals surface area contributed by atoms with Crippen molar-refractivity contribution in [2.75, 3.05) is 0 Å². The minimum atomic E-state index is 0.457. The summed E-state index contributed by atoms with van der Waals surface area (Å²) in [5, 5.41) is 9.29. The Morgan fingerprint density at radius 2 is 1.83 bits per heavy atom. The van der Waals surface area contributed by atoms with Crippen LogP contribution in [-0.4, -0.2) is 5.21 Å². The van der Waals surface area contributed by atoms with Gasteiger partial charge in [0.05, 0.1) is 0 Å². The Labute approximate surface area is 77.1 Å². The van der Waals surface area contributed by atoms with E-state index in [1.807, 2.05) is 26.0 Å². The predicted molar refractivity (Wildman–Crippen MR) is 49.6 cm³/mol. The van der Waals surface area contributed by atoms with E-state index in [0.29, 0.717) is 6.54 Å². The van der Waals surface area contributed by atoms with E-state index in [2.05, 4.69) is 5.48 Å². The van der Waals surface area contributed by atoms with E-state index in [-0.39, 0.29) is 0 Å². The molecule has 0 radical (unpaired) electrons. The molecule has 0 amide bonds. The molecule has 66 valence electrons. The Bertz CT molecular complexity index is 263. The first kappa shape index (κ1) is 9.52. The zero-order valence-corrected chi connectivity index (χ0v) is 7.94. The molecule has 0 aliphatic rings. The molecule has 1 aromatic carbocycles. The van der Waals surface area contributed by atoms with Crippen LogP contribution in [-0.2, 0) is 6.54 Å².